The Balaban J connectivity index is 1.88. The quantitative estimate of drug-likeness (QED) is 0.565. The van der Waals surface area contributed by atoms with Crippen molar-refractivity contribution in [2.45, 2.75) is 39.3 Å². The average Bonchev–Trinajstić information content (AvgIpc) is 3.42. The minimum Gasteiger partial charge on any atom is -0.368 e. The van der Waals surface area contributed by atoms with Crippen LogP contribution in [0.25, 0.3) is 11.8 Å². The maximum atomic E-state index is 12.8. The smallest absolute Gasteiger partial charge is 0.270 e. The number of hydrogen-bond donors (Lipinski definition) is 3. The van der Waals surface area contributed by atoms with E-state index in [1.165, 1.54) is 10.8 Å². The molecule has 1 fully saturated rings. The number of anilines is 2. The van der Waals surface area contributed by atoms with Gasteiger partial charge in [-0.1, -0.05) is 6.07 Å². The van der Waals surface area contributed by atoms with Gasteiger partial charge in [-0.25, -0.2) is 0 Å². The molecule has 1 aromatic carbocycles. The average molecular weight is 456 g/mol. The Kier molecular flexibility index (Phi) is 7.81. The van der Waals surface area contributed by atoms with Gasteiger partial charge in [0.15, 0.2) is 5.57 Å². The minimum absolute atomic E-state index is 0.0886. The molecule has 0 bridgehead atoms. The van der Waals surface area contributed by atoms with E-state index in [4.69, 9.17) is 4.74 Å². The number of benzene rings is 1. The van der Waals surface area contributed by atoms with Crippen LogP contribution in [0.3, 0.4) is 0 Å². The zero-order valence-corrected chi connectivity index (χ0v) is 18.8. The first-order valence-electron chi connectivity index (χ1n) is 10.4. The lowest BCUT2D eigenvalue weighted by Crippen LogP contribution is -2.34. The van der Waals surface area contributed by atoms with Gasteiger partial charge in [-0.2, -0.15) is 5.26 Å². The molecule has 1 atom stereocenters. The predicted molar refractivity (Wildman–Crippen MR) is 123 cm³/mol. The topological polar surface area (TPSA) is 125 Å². The molecule has 3 N–H and O–H groups in total. The number of nitrogens with one attached hydrogen (secondary N) is 3. The van der Waals surface area contributed by atoms with Gasteiger partial charge < -0.3 is 20.7 Å². The van der Waals surface area contributed by atoms with Gasteiger partial charge in [0, 0.05) is 37.3 Å². The summed E-state index contributed by atoms with van der Waals surface area (Å²) in [7, 11) is 0. The van der Waals surface area contributed by atoms with Crippen LogP contribution in [-0.2, 0) is 20.9 Å². The van der Waals surface area contributed by atoms with Crippen molar-refractivity contribution in [2.75, 3.05) is 23.8 Å². The third-order valence-electron chi connectivity index (χ3n) is 4.84. The highest BCUT2D eigenvalue weighted by Gasteiger charge is 2.23. The second kappa shape index (κ2) is 10.7. The zero-order valence-electron chi connectivity index (χ0n) is 17.9. The second-order valence-corrected chi connectivity index (χ2v) is 8.06. The first kappa shape index (κ1) is 23.2. The molecule has 3 rings (SSSR count). The van der Waals surface area contributed by atoms with E-state index < -0.39 is 12.0 Å². The Morgan fingerprint density at radius 2 is 2.12 bits per heavy atom. The third-order valence-corrected chi connectivity index (χ3v) is 5.97. The fraction of sp³-hybridized carbons (Fsp3) is 0.364. The van der Waals surface area contributed by atoms with Crippen molar-refractivity contribution in [1.82, 2.24) is 9.88 Å². The van der Waals surface area contributed by atoms with Crippen molar-refractivity contribution >= 4 is 46.3 Å². The summed E-state index contributed by atoms with van der Waals surface area (Å²) in [5, 5.41) is 18.0. The monoisotopic (exact) mass is 455 g/mol. The number of carbonyl (C=O) groups is 2. The van der Waals surface area contributed by atoms with E-state index in [-0.39, 0.29) is 17.0 Å². The predicted octanol–water partition coefficient (Wildman–Crippen LogP) is 0.708. The molecule has 1 saturated heterocycles. The molecule has 1 unspecified atom stereocenters. The third kappa shape index (κ3) is 5.25. The van der Waals surface area contributed by atoms with E-state index in [1.807, 2.05) is 6.07 Å². The van der Waals surface area contributed by atoms with Gasteiger partial charge >= 0.3 is 0 Å². The van der Waals surface area contributed by atoms with Crippen LogP contribution in [0.15, 0.2) is 29.1 Å². The summed E-state index contributed by atoms with van der Waals surface area (Å²) < 4.78 is 7.48. The zero-order chi connectivity index (χ0) is 23.1. The Morgan fingerprint density at radius 3 is 2.78 bits per heavy atom. The number of nitrogens with zero attached hydrogens (tertiary/aromatic N) is 2. The van der Waals surface area contributed by atoms with E-state index in [1.54, 1.807) is 38.1 Å². The largest absolute Gasteiger partial charge is 0.368 e. The summed E-state index contributed by atoms with van der Waals surface area (Å²) in [5.41, 5.74) is 0.896. The number of ether oxygens (including phenoxy) is 1. The summed E-state index contributed by atoms with van der Waals surface area (Å²) in [4.78, 5) is 37.2. The number of thiazole rings is 1. The van der Waals surface area contributed by atoms with E-state index in [0.29, 0.717) is 46.7 Å². The molecule has 2 aromatic rings. The Bertz CT molecular complexity index is 1220. The summed E-state index contributed by atoms with van der Waals surface area (Å²) in [6.45, 7) is 4.84. The summed E-state index contributed by atoms with van der Waals surface area (Å²) in [6.07, 6.45) is 2.69. The summed E-state index contributed by atoms with van der Waals surface area (Å²) >= 11 is 1.07. The molecule has 32 heavy (non-hydrogen) atoms. The fourth-order valence-corrected chi connectivity index (χ4v) is 4.37. The van der Waals surface area contributed by atoms with Crippen LogP contribution in [0.1, 0.15) is 26.7 Å². The van der Waals surface area contributed by atoms with Gasteiger partial charge in [0.1, 0.15) is 21.4 Å². The van der Waals surface area contributed by atoms with Crippen LogP contribution in [-0.4, -0.2) is 35.6 Å². The standard InChI is InChI=1S/C22H25N5O4S/c1-3-24-19(28)16(12-23)22-27(4-2)21(30)18(32-22)13-25-14-7-5-8-15(11-14)26-20(29)17-9-6-10-31-17/h5,7-8,11,13,17,25H,3-4,6,9-10H2,1-2H3,(H,24,28)(H,26,29)/b18-13+,22-16-. The lowest BCUT2D eigenvalue weighted by Gasteiger charge is -2.11. The number of rotatable bonds is 7. The molecule has 2 amide bonds. The Hall–Kier alpha value is -3.42. The molecule has 2 heterocycles. The normalized spacial score (nSPS) is 16.9. The first-order valence-corrected chi connectivity index (χ1v) is 11.2. The van der Waals surface area contributed by atoms with Crippen molar-refractivity contribution < 1.29 is 14.3 Å². The van der Waals surface area contributed by atoms with E-state index in [0.717, 1.165) is 17.8 Å². The van der Waals surface area contributed by atoms with Gasteiger partial charge in [-0.15, -0.1) is 11.3 Å². The molecule has 168 valence electrons. The molecule has 0 saturated carbocycles. The molecular weight excluding hydrogens is 430 g/mol. The van der Waals surface area contributed by atoms with Crippen LogP contribution in [0.5, 0.6) is 0 Å². The molecular formula is C22H25N5O4S. The number of nitriles is 1. The van der Waals surface area contributed by atoms with Crippen LogP contribution >= 0.6 is 11.3 Å². The molecule has 1 aliphatic rings. The molecule has 0 aliphatic carbocycles. The molecule has 0 spiro atoms. The Morgan fingerprint density at radius 1 is 1.34 bits per heavy atom. The number of amides is 2. The maximum Gasteiger partial charge on any atom is 0.270 e. The molecule has 9 nitrogen and oxygen atoms in total. The van der Waals surface area contributed by atoms with Gasteiger partial charge in [0.2, 0.25) is 0 Å². The highest BCUT2D eigenvalue weighted by atomic mass is 32.1. The van der Waals surface area contributed by atoms with Crippen molar-refractivity contribution in [3.05, 3.63) is 43.8 Å². The van der Waals surface area contributed by atoms with E-state index in [2.05, 4.69) is 16.0 Å². The number of aromatic nitrogens is 1. The van der Waals surface area contributed by atoms with Gasteiger partial charge in [0.25, 0.3) is 17.4 Å². The van der Waals surface area contributed by atoms with Crippen molar-refractivity contribution in [2.24, 2.45) is 0 Å². The van der Waals surface area contributed by atoms with E-state index in [9.17, 15) is 19.6 Å². The second-order valence-electron chi connectivity index (χ2n) is 7.03. The summed E-state index contributed by atoms with van der Waals surface area (Å²) in [6, 6.07) is 9.01. The van der Waals surface area contributed by atoms with Crippen molar-refractivity contribution in [3.63, 3.8) is 0 Å². The van der Waals surface area contributed by atoms with Crippen molar-refractivity contribution in [3.8, 4) is 6.07 Å². The number of carbonyl (C=O) groups excluding carboxylic acids is 2. The molecule has 10 heteroatoms. The van der Waals surface area contributed by atoms with Gasteiger partial charge in [0.05, 0.1) is 0 Å². The minimum atomic E-state index is -0.507. The van der Waals surface area contributed by atoms with Crippen LogP contribution in [0.4, 0.5) is 11.4 Å². The van der Waals surface area contributed by atoms with Gasteiger partial charge in [-0.05, 0) is 44.9 Å². The summed E-state index contributed by atoms with van der Waals surface area (Å²) in [5.74, 6) is -0.685. The molecule has 0 radical (unpaired) electrons. The number of hydrogen-bond acceptors (Lipinski definition) is 7. The lowest BCUT2D eigenvalue weighted by molar-refractivity contribution is -0.124. The first-order chi connectivity index (χ1) is 15.5. The van der Waals surface area contributed by atoms with Gasteiger partial charge in [-0.3, -0.25) is 19.0 Å². The van der Waals surface area contributed by atoms with Crippen molar-refractivity contribution in [1.29, 1.82) is 5.26 Å². The SMILES string of the molecule is CCNC(=O)/C(C#N)=c1\s/c(=C/Nc2cccc(NC(=O)C3CCCO3)c2)c(=O)n1CC. The van der Waals surface area contributed by atoms with Crippen LogP contribution in [0.2, 0.25) is 0 Å². The van der Waals surface area contributed by atoms with Crippen LogP contribution in [0, 0.1) is 11.3 Å². The molecule has 1 aromatic heterocycles. The fourth-order valence-electron chi connectivity index (χ4n) is 3.28. The highest BCUT2D eigenvalue weighted by Crippen LogP contribution is 2.18. The van der Waals surface area contributed by atoms with E-state index >= 15 is 0 Å². The maximum absolute atomic E-state index is 12.8. The molecule has 1 aliphatic heterocycles. The van der Waals surface area contributed by atoms with Crippen LogP contribution < -0.4 is 30.7 Å². The highest BCUT2D eigenvalue weighted by molar-refractivity contribution is 7.07. The Labute approximate surface area is 189 Å². The lowest BCUT2D eigenvalue weighted by atomic mass is 10.2.